The number of aryl methyl sites for hydroxylation is 1. The van der Waals surface area contributed by atoms with Crippen molar-refractivity contribution in [2.75, 3.05) is 25.5 Å². The van der Waals surface area contributed by atoms with Crippen LogP contribution in [0.2, 0.25) is 0 Å². The number of H-pyrrole nitrogens is 1. The Morgan fingerprint density at radius 3 is 2.97 bits per heavy atom. The number of benzene rings is 1. The fourth-order valence-electron chi connectivity index (χ4n) is 4.46. The molecule has 33 heavy (non-hydrogen) atoms. The maximum Gasteiger partial charge on any atom is 0.256 e. The molecule has 1 aromatic carbocycles. The lowest BCUT2D eigenvalue weighted by Gasteiger charge is -2.32. The van der Waals surface area contributed by atoms with Gasteiger partial charge in [-0.15, -0.1) is 0 Å². The van der Waals surface area contributed by atoms with Crippen molar-refractivity contribution in [2.24, 2.45) is 0 Å². The van der Waals surface area contributed by atoms with Gasteiger partial charge in [-0.05, 0) is 50.1 Å². The molecule has 0 radical (unpaired) electrons. The lowest BCUT2D eigenvalue weighted by Crippen LogP contribution is -2.39. The summed E-state index contributed by atoms with van der Waals surface area (Å²) in [6.45, 7) is 3.36. The van der Waals surface area contributed by atoms with E-state index in [1.54, 1.807) is 31.9 Å². The molecular formula is C25H26N6O2. The van der Waals surface area contributed by atoms with Crippen LogP contribution >= 0.6 is 0 Å². The Hall–Kier alpha value is -3.94. The lowest BCUT2D eigenvalue weighted by molar-refractivity contribution is 0.0708. The number of methoxy groups -OCH3 is 1. The Morgan fingerprint density at radius 2 is 2.15 bits per heavy atom. The van der Waals surface area contributed by atoms with Gasteiger partial charge >= 0.3 is 0 Å². The number of anilines is 2. The molecule has 8 heteroatoms. The molecule has 4 heterocycles. The fourth-order valence-corrected chi connectivity index (χ4v) is 4.46. The second kappa shape index (κ2) is 8.90. The van der Waals surface area contributed by atoms with Crippen LogP contribution in [0.1, 0.15) is 40.5 Å². The van der Waals surface area contributed by atoms with Crippen LogP contribution in [0.5, 0.6) is 5.75 Å². The summed E-state index contributed by atoms with van der Waals surface area (Å²) in [6, 6.07) is 9.78. The predicted octanol–water partition coefficient (Wildman–Crippen LogP) is 4.43. The quantitative estimate of drug-likeness (QED) is 0.475. The van der Waals surface area contributed by atoms with Crippen LogP contribution in [-0.2, 0) is 0 Å². The number of fused-ring (bicyclic) bond motifs is 1. The second-order valence-corrected chi connectivity index (χ2v) is 8.34. The number of hydrogen-bond donors (Lipinski definition) is 2. The molecule has 1 saturated heterocycles. The highest BCUT2D eigenvalue weighted by atomic mass is 16.5. The largest absolute Gasteiger partial charge is 0.497 e. The smallest absolute Gasteiger partial charge is 0.256 e. The van der Waals surface area contributed by atoms with Crippen LogP contribution in [0.25, 0.3) is 10.9 Å². The van der Waals surface area contributed by atoms with Gasteiger partial charge in [-0.25, -0.2) is 4.98 Å². The molecule has 0 bridgehead atoms. The SMILES string of the molecule is COc1ccc2[nH]cc(C(=O)N3CCCC(c4cc(Nc5cnccn5)cc(C)n4)C3)c2c1. The van der Waals surface area contributed by atoms with Crippen molar-refractivity contribution in [3.63, 3.8) is 0 Å². The van der Waals surface area contributed by atoms with E-state index in [2.05, 4.69) is 26.3 Å². The molecule has 2 N–H and O–H groups in total. The molecular weight excluding hydrogens is 416 g/mol. The van der Waals surface area contributed by atoms with Gasteiger partial charge < -0.3 is 19.9 Å². The zero-order valence-corrected chi connectivity index (χ0v) is 18.7. The molecule has 1 amide bonds. The number of nitrogens with one attached hydrogen (secondary N) is 2. The first kappa shape index (κ1) is 20.9. The van der Waals surface area contributed by atoms with Gasteiger partial charge in [-0.1, -0.05) is 0 Å². The van der Waals surface area contributed by atoms with Crippen LogP contribution in [0.3, 0.4) is 0 Å². The number of pyridine rings is 1. The van der Waals surface area contributed by atoms with E-state index in [4.69, 9.17) is 9.72 Å². The van der Waals surface area contributed by atoms with Gasteiger partial charge in [0.15, 0.2) is 0 Å². The van der Waals surface area contributed by atoms with E-state index in [0.29, 0.717) is 17.9 Å². The molecule has 5 rings (SSSR count). The number of carbonyl (C=O) groups is 1. The summed E-state index contributed by atoms with van der Waals surface area (Å²) in [6.07, 6.45) is 8.71. The van der Waals surface area contributed by atoms with Crippen LogP contribution in [0, 0.1) is 6.92 Å². The summed E-state index contributed by atoms with van der Waals surface area (Å²) < 4.78 is 5.35. The number of hydrogen-bond acceptors (Lipinski definition) is 6. The third kappa shape index (κ3) is 4.37. The Morgan fingerprint density at radius 1 is 1.24 bits per heavy atom. The monoisotopic (exact) mass is 442 g/mol. The van der Waals surface area contributed by atoms with Gasteiger partial charge in [-0.2, -0.15) is 0 Å². The molecule has 4 aromatic rings. The van der Waals surface area contributed by atoms with Crippen LogP contribution in [0.4, 0.5) is 11.5 Å². The number of likely N-dealkylation sites (tertiary alicyclic amines) is 1. The average Bonchev–Trinajstić information content (AvgIpc) is 3.27. The van der Waals surface area contributed by atoms with Crippen LogP contribution in [-0.4, -0.2) is 50.9 Å². The Balaban J connectivity index is 1.37. The number of aromatic nitrogens is 4. The Labute approximate surface area is 192 Å². The van der Waals surface area contributed by atoms with E-state index in [9.17, 15) is 4.79 Å². The summed E-state index contributed by atoms with van der Waals surface area (Å²) in [7, 11) is 1.63. The molecule has 8 nitrogen and oxygen atoms in total. The van der Waals surface area contributed by atoms with Gasteiger partial charge in [0, 0.05) is 65.6 Å². The minimum Gasteiger partial charge on any atom is -0.497 e. The van der Waals surface area contributed by atoms with Crippen molar-refractivity contribution >= 4 is 28.3 Å². The average molecular weight is 443 g/mol. The van der Waals surface area contributed by atoms with E-state index in [0.717, 1.165) is 53.1 Å². The zero-order valence-electron chi connectivity index (χ0n) is 18.7. The van der Waals surface area contributed by atoms with Crippen LogP contribution < -0.4 is 10.1 Å². The molecule has 0 saturated carbocycles. The van der Waals surface area contributed by atoms with Gasteiger partial charge in [0.05, 0.1) is 18.9 Å². The number of carbonyl (C=O) groups excluding carboxylic acids is 1. The van der Waals surface area contributed by atoms with Crippen molar-refractivity contribution in [1.29, 1.82) is 0 Å². The lowest BCUT2D eigenvalue weighted by atomic mass is 9.93. The van der Waals surface area contributed by atoms with Crippen LogP contribution in [0.15, 0.2) is 55.1 Å². The Bertz CT molecular complexity index is 1290. The standard InChI is InChI=1S/C25H26N6O2/c1-16-10-18(30-24-14-26-7-8-27-24)11-23(29-16)17-4-3-9-31(15-17)25(32)21-13-28-22-6-5-19(33-2)12-20(21)22/h5-8,10-14,17,28H,3-4,9,15H2,1-2H3,(H,27,29,30). The number of amides is 1. The molecule has 1 aliphatic heterocycles. The molecule has 3 aromatic heterocycles. The van der Waals surface area contributed by atoms with E-state index in [1.165, 1.54) is 0 Å². The maximum absolute atomic E-state index is 13.4. The number of ether oxygens (including phenoxy) is 1. The second-order valence-electron chi connectivity index (χ2n) is 8.34. The summed E-state index contributed by atoms with van der Waals surface area (Å²) in [4.78, 5) is 31.8. The highest BCUT2D eigenvalue weighted by Gasteiger charge is 2.28. The van der Waals surface area contributed by atoms with Crippen molar-refractivity contribution in [3.8, 4) is 5.75 Å². The third-order valence-corrected chi connectivity index (χ3v) is 6.06. The highest BCUT2D eigenvalue weighted by Crippen LogP contribution is 2.31. The van der Waals surface area contributed by atoms with Gasteiger partial charge in [-0.3, -0.25) is 14.8 Å². The fraction of sp³-hybridized carbons (Fsp3) is 0.280. The van der Waals surface area contributed by atoms with Gasteiger partial charge in [0.2, 0.25) is 0 Å². The first-order valence-electron chi connectivity index (χ1n) is 11.1. The topological polar surface area (TPSA) is 96.0 Å². The van der Waals surface area contributed by atoms with E-state index < -0.39 is 0 Å². The molecule has 1 fully saturated rings. The summed E-state index contributed by atoms with van der Waals surface area (Å²) in [5, 5.41) is 4.18. The van der Waals surface area contributed by atoms with Gasteiger partial charge in [0.1, 0.15) is 11.6 Å². The normalized spacial score (nSPS) is 16.1. The van der Waals surface area contributed by atoms with E-state index >= 15 is 0 Å². The van der Waals surface area contributed by atoms with Crippen molar-refractivity contribution < 1.29 is 9.53 Å². The molecule has 1 atom stereocenters. The van der Waals surface area contributed by atoms with E-state index in [-0.39, 0.29) is 11.8 Å². The summed E-state index contributed by atoms with van der Waals surface area (Å²) >= 11 is 0. The zero-order chi connectivity index (χ0) is 22.8. The van der Waals surface area contributed by atoms with E-state index in [1.807, 2.05) is 36.1 Å². The minimum absolute atomic E-state index is 0.0322. The van der Waals surface area contributed by atoms with Crippen molar-refractivity contribution in [1.82, 2.24) is 24.8 Å². The number of nitrogens with zero attached hydrogens (tertiary/aromatic N) is 4. The first-order valence-corrected chi connectivity index (χ1v) is 11.1. The molecule has 1 unspecified atom stereocenters. The molecule has 0 aliphatic carbocycles. The van der Waals surface area contributed by atoms with Crippen molar-refractivity contribution in [3.05, 3.63) is 72.1 Å². The predicted molar refractivity (Wildman–Crippen MR) is 127 cm³/mol. The molecule has 0 spiro atoms. The molecule has 168 valence electrons. The number of piperidine rings is 1. The summed E-state index contributed by atoms with van der Waals surface area (Å²) in [5.74, 6) is 1.62. The van der Waals surface area contributed by atoms with Gasteiger partial charge in [0.25, 0.3) is 5.91 Å². The number of aromatic amines is 1. The highest BCUT2D eigenvalue weighted by molar-refractivity contribution is 6.07. The minimum atomic E-state index is 0.0322. The van der Waals surface area contributed by atoms with Crippen molar-refractivity contribution in [2.45, 2.75) is 25.7 Å². The molecule has 1 aliphatic rings. The maximum atomic E-state index is 13.4. The summed E-state index contributed by atoms with van der Waals surface area (Å²) in [5.41, 5.74) is 4.43. The third-order valence-electron chi connectivity index (χ3n) is 6.06. The Kier molecular flexibility index (Phi) is 5.64. The number of rotatable bonds is 5. The first-order chi connectivity index (χ1) is 16.1.